The third-order valence-corrected chi connectivity index (χ3v) is 9.21. The van der Waals surface area contributed by atoms with Crippen LogP contribution in [0.25, 0.3) is 56.0 Å². The summed E-state index contributed by atoms with van der Waals surface area (Å²) < 4.78 is 0. The van der Waals surface area contributed by atoms with Crippen LogP contribution in [0.4, 0.5) is 0 Å². The minimum absolute atomic E-state index is 1.05. The van der Waals surface area contributed by atoms with E-state index in [2.05, 4.69) is 146 Å². The normalized spacial score (nSPS) is 16.8. The Balaban J connectivity index is 1.49. The van der Waals surface area contributed by atoms with Gasteiger partial charge >= 0.3 is 0 Å². The molecule has 0 fully saturated rings. The first-order valence-electron chi connectivity index (χ1n) is 14.6. The number of hydrogen-bond donors (Lipinski definition) is 0. The quantitative estimate of drug-likeness (QED) is 0.157. The van der Waals surface area contributed by atoms with E-state index in [9.17, 15) is 0 Å². The predicted octanol–water partition coefficient (Wildman–Crippen LogP) is 11.9. The molecule has 0 radical (unpaired) electrons. The average Bonchev–Trinajstić information content (AvgIpc) is 3.02. The van der Waals surface area contributed by atoms with Gasteiger partial charge in [0.2, 0.25) is 0 Å². The molecule has 1 aliphatic carbocycles. The first kappa shape index (κ1) is 26.3. The highest BCUT2D eigenvalue weighted by molar-refractivity contribution is 8.02. The van der Waals surface area contributed by atoms with E-state index in [0.717, 1.165) is 18.4 Å². The molecule has 0 spiro atoms. The van der Waals surface area contributed by atoms with E-state index in [1.54, 1.807) is 0 Å². The highest BCUT2D eigenvalue weighted by atomic mass is 32.2. The van der Waals surface area contributed by atoms with E-state index in [0.29, 0.717) is 0 Å². The minimum atomic E-state index is 1.05. The molecule has 0 bridgehead atoms. The van der Waals surface area contributed by atoms with Gasteiger partial charge < -0.3 is 0 Å². The van der Waals surface area contributed by atoms with Crippen molar-refractivity contribution in [2.24, 2.45) is 0 Å². The van der Waals surface area contributed by atoms with Crippen molar-refractivity contribution in [3.8, 4) is 11.1 Å². The molecule has 5 aromatic carbocycles. The summed E-state index contributed by atoms with van der Waals surface area (Å²) in [5, 5.41) is 7.33. The highest BCUT2D eigenvalue weighted by Gasteiger charge is 2.22. The Kier molecular flexibility index (Phi) is 7.11. The zero-order chi connectivity index (χ0) is 28.5. The largest absolute Gasteiger partial charge is 0.0971 e. The fourth-order valence-corrected chi connectivity index (χ4v) is 7.52. The maximum atomic E-state index is 4.70. The van der Waals surface area contributed by atoms with Crippen LogP contribution in [0.2, 0.25) is 0 Å². The van der Waals surface area contributed by atoms with E-state index in [-0.39, 0.29) is 0 Å². The number of fused-ring (bicyclic) bond motifs is 5. The van der Waals surface area contributed by atoms with Crippen molar-refractivity contribution in [2.45, 2.75) is 24.7 Å². The van der Waals surface area contributed by atoms with Gasteiger partial charge in [-0.2, -0.15) is 0 Å². The standard InChI is InChI=1S/C41H32S/c1-3-4-6-18-31-27-30-17-9-10-19-33(30)41-38(31)28(2)26-32(24-25-42-41)40-36-22-13-11-20-34(36)39(29-15-7-5-8-16-29)35-21-12-14-23-37(35)40/h3-9,11-18,20-27H,2,10,19H2,1H3/b4-3-,18-6-,25-24-,32-26+. The second-order valence-corrected chi connectivity index (χ2v) is 11.7. The van der Waals surface area contributed by atoms with Gasteiger partial charge in [-0.3, -0.25) is 0 Å². The summed E-state index contributed by atoms with van der Waals surface area (Å²) in [5.74, 6) is 0. The molecule has 0 amide bonds. The molecule has 1 aliphatic heterocycles. The van der Waals surface area contributed by atoms with Gasteiger partial charge in [-0.25, -0.2) is 0 Å². The van der Waals surface area contributed by atoms with Crippen molar-refractivity contribution in [1.82, 2.24) is 0 Å². The second kappa shape index (κ2) is 11.4. The van der Waals surface area contributed by atoms with Gasteiger partial charge in [0.1, 0.15) is 0 Å². The molecule has 1 heterocycles. The molecule has 202 valence electrons. The molecule has 0 nitrogen and oxygen atoms in total. The van der Waals surface area contributed by atoms with Crippen molar-refractivity contribution in [1.29, 1.82) is 0 Å². The summed E-state index contributed by atoms with van der Waals surface area (Å²) in [6, 6.07) is 30.8. The fraction of sp³-hybridized carbons (Fsp3) is 0.0732. The van der Waals surface area contributed by atoms with Crippen molar-refractivity contribution >= 4 is 56.6 Å². The van der Waals surface area contributed by atoms with Gasteiger partial charge in [-0.15, -0.1) is 0 Å². The van der Waals surface area contributed by atoms with Crippen LogP contribution < -0.4 is 0 Å². The van der Waals surface area contributed by atoms with Crippen molar-refractivity contribution in [2.75, 3.05) is 0 Å². The molecule has 0 saturated heterocycles. The molecule has 0 N–H and O–H groups in total. The number of rotatable bonds is 4. The summed E-state index contributed by atoms with van der Waals surface area (Å²) in [6.45, 7) is 6.75. The van der Waals surface area contributed by atoms with E-state index < -0.39 is 0 Å². The lowest BCUT2D eigenvalue weighted by molar-refractivity contribution is 0.950. The number of allylic oxidation sites excluding steroid dienone is 8. The van der Waals surface area contributed by atoms with E-state index in [1.165, 1.54) is 71.0 Å². The highest BCUT2D eigenvalue weighted by Crippen LogP contribution is 2.46. The monoisotopic (exact) mass is 556 g/mol. The Morgan fingerprint density at radius 3 is 2.10 bits per heavy atom. The number of benzene rings is 5. The van der Waals surface area contributed by atoms with Crippen LogP contribution in [-0.4, -0.2) is 0 Å². The van der Waals surface area contributed by atoms with Crippen LogP contribution in [-0.2, 0) is 6.42 Å². The fourth-order valence-electron chi connectivity index (χ4n) is 6.44. The molecular formula is C41H32S. The lowest BCUT2D eigenvalue weighted by Crippen LogP contribution is -2.03. The smallest absolute Gasteiger partial charge is 0.0238 e. The molecule has 0 saturated carbocycles. The Morgan fingerprint density at radius 2 is 1.40 bits per heavy atom. The first-order chi connectivity index (χ1) is 20.7. The Labute approximate surface area is 252 Å². The third kappa shape index (κ3) is 4.61. The van der Waals surface area contributed by atoms with Crippen LogP contribution >= 0.6 is 11.8 Å². The van der Waals surface area contributed by atoms with Crippen LogP contribution in [0.3, 0.4) is 0 Å². The van der Waals surface area contributed by atoms with Gasteiger partial charge in [0.05, 0.1) is 0 Å². The molecule has 0 aromatic heterocycles. The van der Waals surface area contributed by atoms with Crippen LogP contribution in [0.5, 0.6) is 0 Å². The summed E-state index contributed by atoms with van der Waals surface area (Å²) in [7, 11) is 0. The lowest BCUT2D eigenvalue weighted by Gasteiger charge is -2.23. The van der Waals surface area contributed by atoms with Gasteiger partial charge in [0, 0.05) is 10.5 Å². The van der Waals surface area contributed by atoms with Gasteiger partial charge in [-0.05, 0) is 109 Å². The van der Waals surface area contributed by atoms with Crippen molar-refractivity contribution in [3.05, 3.63) is 161 Å². The van der Waals surface area contributed by atoms with Crippen LogP contribution in [0.15, 0.2) is 138 Å². The summed E-state index contributed by atoms with van der Waals surface area (Å²) in [5.41, 5.74) is 11.2. The van der Waals surface area contributed by atoms with E-state index in [1.807, 2.05) is 11.8 Å². The molecule has 2 aliphatic rings. The minimum Gasteiger partial charge on any atom is -0.0971 e. The molecule has 7 rings (SSSR count). The summed E-state index contributed by atoms with van der Waals surface area (Å²) >= 11 is 1.84. The van der Waals surface area contributed by atoms with Crippen LogP contribution in [0.1, 0.15) is 41.2 Å². The Morgan fingerprint density at radius 1 is 0.738 bits per heavy atom. The zero-order valence-corrected chi connectivity index (χ0v) is 24.6. The summed E-state index contributed by atoms with van der Waals surface area (Å²) in [6.07, 6.45) is 19.8. The molecule has 0 atom stereocenters. The maximum Gasteiger partial charge on any atom is 0.0238 e. The molecule has 42 heavy (non-hydrogen) atoms. The first-order valence-corrected chi connectivity index (χ1v) is 15.5. The summed E-state index contributed by atoms with van der Waals surface area (Å²) in [4.78, 5) is 1.34. The van der Waals surface area contributed by atoms with Gasteiger partial charge in [0.15, 0.2) is 0 Å². The zero-order valence-electron chi connectivity index (χ0n) is 23.8. The van der Waals surface area contributed by atoms with Gasteiger partial charge in [0.25, 0.3) is 0 Å². The Hall–Kier alpha value is -4.59. The molecular weight excluding hydrogens is 525 g/mol. The van der Waals surface area contributed by atoms with Crippen LogP contribution in [0, 0.1) is 0 Å². The lowest BCUT2D eigenvalue weighted by atomic mass is 9.84. The Bertz CT molecular complexity index is 1950. The van der Waals surface area contributed by atoms with Gasteiger partial charge in [-0.1, -0.05) is 134 Å². The van der Waals surface area contributed by atoms with E-state index in [4.69, 9.17) is 6.58 Å². The SMILES string of the molecule is C=C1/C=C(c2c3ccccc3c(-c3ccccc3)c3ccccc23)\C=C/Sc2c3c(cc(/C=C\C=C/C)c21)C=CCC3. The topological polar surface area (TPSA) is 0 Å². The maximum absolute atomic E-state index is 4.70. The van der Waals surface area contributed by atoms with Crippen molar-refractivity contribution < 1.29 is 0 Å². The second-order valence-electron chi connectivity index (χ2n) is 10.8. The molecule has 1 heteroatoms. The third-order valence-electron chi connectivity index (χ3n) is 8.25. The molecule has 5 aromatic rings. The van der Waals surface area contributed by atoms with E-state index >= 15 is 0 Å². The number of thioether (sulfide) groups is 1. The molecule has 0 unspecified atom stereocenters. The predicted molar refractivity (Wildman–Crippen MR) is 187 cm³/mol. The number of hydrogen-bond acceptors (Lipinski definition) is 1. The average molecular weight is 557 g/mol. The van der Waals surface area contributed by atoms with Crippen molar-refractivity contribution in [3.63, 3.8) is 0 Å².